The molecule has 2 N–H and O–H groups in total. The van der Waals surface area contributed by atoms with Crippen LogP contribution in [0.2, 0.25) is 5.02 Å². The predicted octanol–water partition coefficient (Wildman–Crippen LogP) is 6.23. The third kappa shape index (κ3) is 8.48. The molecule has 3 rings (SSSR count). The van der Waals surface area contributed by atoms with E-state index >= 15 is 4.39 Å². The Balaban J connectivity index is 2.11. The van der Waals surface area contributed by atoms with E-state index in [1.807, 2.05) is 32.8 Å². The van der Waals surface area contributed by atoms with E-state index in [0.29, 0.717) is 40.8 Å². The number of carbonyl (C=O) groups is 2. The number of pyridine rings is 1. The Morgan fingerprint density at radius 1 is 1.05 bits per heavy atom. The molecular weight excluding hydrogens is 583 g/mol. The molecule has 0 spiro atoms. The van der Waals surface area contributed by atoms with E-state index in [2.05, 4.69) is 5.32 Å². The van der Waals surface area contributed by atoms with Gasteiger partial charge in [0.15, 0.2) is 5.82 Å². The first-order chi connectivity index (χ1) is 20.1. The molecule has 1 amide bonds. The quantitative estimate of drug-likeness (QED) is 0.251. The van der Waals surface area contributed by atoms with Gasteiger partial charge < -0.3 is 19.9 Å². The second-order valence-electron chi connectivity index (χ2n) is 11.5. The Bertz CT molecular complexity index is 1550. The molecule has 2 atom stereocenters. The minimum atomic E-state index is -1.39. The number of nitrogens with one attached hydrogen (secondary N) is 1. The maximum absolute atomic E-state index is 15.5. The Kier molecular flexibility index (Phi) is 11.2. The largest absolute Gasteiger partial charge is 0.481 e. The number of amides is 1. The number of aromatic nitrogens is 1. The van der Waals surface area contributed by atoms with Crippen LogP contribution >= 0.6 is 11.6 Å². The van der Waals surface area contributed by atoms with E-state index in [1.54, 1.807) is 13.8 Å². The van der Waals surface area contributed by atoms with Gasteiger partial charge in [-0.05, 0) is 105 Å². The molecule has 0 bridgehead atoms. The smallest absolute Gasteiger partial charge is 0.305 e. The number of rotatable bonds is 12. The molecule has 0 radical (unpaired) electrons. The molecule has 2 unspecified atom stereocenters. The van der Waals surface area contributed by atoms with Crippen molar-refractivity contribution in [2.24, 2.45) is 5.92 Å². The third-order valence-corrected chi connectivity index (χ3v) is 7.42. The summed E-state index contributed by atoms with van der Waals surface area (Å²) in [5, 5.41) is 12.0. The van der Waals surface area contributed by atoms with E-state index < -0.39 is 53.4 Å². The average molecular weight is 620 g/mol. The minimum Gasteiger partial charge on any atom is -0.481 e. The Morgan fingerprint density at radius 2 is 1.67 bits per heavy atom. The number of likely N-dealkylation sites (N-methyl/N-ethyl adjacent to an activating group) is 1. The SMILES string of the molecule is Cc1cc(F)cc(C)c1-c1cc(Cl)c(F)c(C(CC(=O)O)NC(=O)C(CC(C)C)n2cc(CCN(C)C)cc(F)c2=O)c1. The van der Waals surface area contributed by atoms with Gasteiger partial charge in [0, 0.05) is 18.3 Å². The molecule has 1 aromatic heterocycles. The van der Waals surface area contributed by atoms with Gasteiger partial charge in [-0.25, -0.2) is 13.2 Å². The number of aliphatic carboxylic acids is 1. The highest BCUT2D eigenvalue weighted by Gasteiger charge is 2.30. The van der Waals surface area contributed by atoms with Crippen molar-refractivity contribution in [3.05, 3.63) is 91.6 Å². The zero-order valence-corrected chi connectivity index (χ0v) is 25.9. The number of nitrogens with zero attached hydrogens (tertiary/aromatic N) is 2. The number of carboxylic acid groups (broad SMARTS) is 1. The molecule has 232 valence electrons. The first-order valence-electron chi connectivity index (χ1n) is 13.9. The fraction of sp³-hybridized carbons (Fsp3) is 0.406. The number of hydrogen-bond acceptors (Lipinski definition) is 4. The highest BCUT2D eigenvalue weighted by molar-refractivity contribution is 6.31. The minimum absolute atomic E-state index is 0.118. The van der Waals surface area contributed by atoms with E-state index in [9.17, 15) is 28.3 Å². The summed E-state index contributed by atoms with van der Waals surface area (Å²) in [6.07, 6.45) is 1.27. The third-order valence-electron chi connectivity index (χ3n) is 7.15. The molecule has 11 heteroatoms. The zero-order chi connectivity index (χ0) is 32.2. The van der Waals surface area contributed by atoms with Crippen molar-refractivity contribution >= 4 is 23.5 Å². The standard InChI is InChI=1S/C32H37ClF3N3O4/c1-17(2)9-27(39-16-20(7-8-38(5)6)12-25(35)32(39)43)31(42)37-26(15-28(40)41)23-13-21(14-24(33)30(23)36)29-18(3)10-22(34)11-19(29)4/h10-14,16-17,26-27H,7-9,15H2,1-6H3,(H,37,42)(H,40,41). The molecule has 0 fully saturated rings. The number of aryl methyl sites for hydroxylation is 2. The summed E-state index contributed by atoms with van der Waals surface area (Å²) in [5.74, 6) is -4.61. The topological polar surface area (TPSA) is 91.6 Å². The van der Waals surface area contributed by atoms with Crippen LogP contribution < -0.4 is 10.9 Å². The first kappa shape index (κ1) is 33.9. The lowest BCUT2D eigenvalue weighted by Gasteiger charge is -2.26. The predicted molar refractivity (Wildman–Crippen MR) is 161 cm³/mol. The molecule has 2 aromatic carbocycles. The summed E-state index contributed by atoms with van der Waals surface area (Å²) in [5.41, 5.74) is 1.41. The molecule has 1 heterocycles. The van der Waals surface area contributed by atoms with Crippen molar-refractivity contribution in [1.29, 1.82) is 0 Å². The lowest BCUT2D eigenvalue weighted by Crippen LogP contribution is -2.41. The molecule has 7 nitrogen and oxygen atoms in total. The van der Waals surface area contributed by atoms with Gasteiger partial charge in [0.05, 0.1) is 17.5 Å². The zero-order valence-electron chi connectivity index (χ0n) is 25.1. The highest BCUT2D eigenvalue weighted by atomic mass is 35.5. The van der Waals surface area contributed by atoms with Crippen LogP contribution in [0.25, 0.3) is 11.1 Å². The van der Waals surface area contributed by atoms with Crippen LogP contribution in [0.3, 0.4) is 0 Å². The summed E-state index contributed by atoms with van der Waals surface area (Å²) in [6, 6.07) is 3.91. The van der Waals surface area contributed by atoms with Gasteiger partial charge in [0.1, 0.15) is 17.7 Å². The lowest BCUT2D eigenvalue weighted by molar-refractivity contribution is -0.138. The summed E-state index contributed by atoms with van der Waals surface area (Å²) in [6.45, 7) is 7.58. The molecule has 0 aliphatic heterocycles. The lowest BCUT2D eigenvalue weighted by atomic mass is 9.92. The molecule has 0 saturated carbocycles. The van der Waals surface area contributed by atoms with Gasteiger partial charge in [-0.2, -0.15) is 0 Å². The Labute approximate surface area is 254 Å². The fourth-order valence-electron chi connectivity index (χ4n) is 5.19. The molecule has 0 aliphatic carbocycles. The van der Waals surface area contributed by atoms with Crippen LogP contribution in [-0.4, -0.2) is 47.1 Å². The second-order valence-corrected chi connectivity index (χ2v) is 11.9. The van der Waals surface area contributed by atoms with E-state index in [0.717, 1.165) is 10.6 Å². The van der Waals surface area contributed by atoms with Gasteiger partial charge >= 0.3 is 5.97 Å². The maximum Gasteiger partial charge on any atom is 0.305 e. The van der Waals surface area contributed by atoms with Crippen molar-refractivity contribution in [3.63, 3.8) is 0 Å². The highest BCUT2D eigenvalue weighted by Crippen LogP contribution is 2.36. The van der Waals surface area contributed by atoms with Crippen molar-refractivity contribution in [3.8, 4) is 11.1 Å². The van der Waals surface area contributed by atoms with Gasteiger partial charge in [0.25, 0.3) is 5.56 Å². The van der Waals surface area contributed by atoms with E-state index in [1.165, 1.54) is 30.5 Å². The number of halogens is 4. The second kappa shape index (κ2) is 14.2. The van der Waals surface area contributed by atoms with Crippen molar-refractivity contribution < 1.29 is 27.9 Å². The van der Waals surface area contributed by atoms with Gasteiger partial charge in [-0.1, -0.05) is 25.4 Å². The van der Waals surface area contributed by atoms with Crippen molar-refractivity contribution in [1.82, 2.24) is 14.8 Å². The van der Waals surface area contributed by atoms with Crippen LogP contribution in [0.1, 0.15) is 61.0 Å². The summed E-state index contributed by atoms with van der Waals surface area (Å²) < 4.78 is 45.3. The van der Waals surface area contributed by atoms with Gasteiger partial charge in [-0.15, -0.1) is 0 Å². The monoisotopic (exact) mass is 619 g/mol. The summed E-state index contributed by atoms with van der Waals surface area (Å²) in [4.78, 5) is 40.5. The number of benzene rings is 2. The number of carbonyl (C=O) groups excluding carboxylic acids is 1. The summed E-state index contributed by atoms with van der Waals surface area (Å²) >= 11 is 6.26. The molecule has 43 heavy (non-hydrogen) atoms. The van der Waals surface area contributed by atoms with Crippen molar-refractivity contribution in [2.45, 2.75) is 59.0 Å². The number of carboxylic acids is 1. The normalized spacial score (nSPS) is 12.9. The van der Waals surface area contributed by atoms with E-state index in [-0.39, 0.29) is 22.9 Å². The Hall–Kier alpha value is -3.63. The van der Waals surface area contributed by atoms with Crippen molar-refractivity contribution in [2.75, 3.05) is 20.6 Å². The summed E-state index contributed by atoms with van der Waals surface area (Å²) in [7, 11) is 3.70. The number of hydrogen-bond donors (Lipinski definition) is 2. The Morgan fingerprint density at radius 3 is 2.23 bits per heavy atom. The van der Waals surface area contributed by atoms with Crippen LogP contribution in [0, 0.1) is 37.2 Å². The van der Waals surface area contributed by atoms with Gasteiger partial charge in [-0.3, -0.25) is 14.4 Å². The van der Waals surface area contributed by atoms with Crippen LogP contribution in [-0.2, 0) is 16.0 Å². The van der Waals surface area contributed by atoms with Crippen LogP contribution in [0.5, 0.6) is 0 Å². The van der Waals surface area contributed by atoms with Gasteiger partial charge in [0.2, 0.25) is 5.91 Å². The average Bonchev–Trinajstić information content (AvgIpc) is 2.88. The molecule has 0 aliphatic rings. The molecule has 3 aromatic rings. The van der Waals surface area contributed by atoms with Crippen LogP contribution in [0.15, 0.2) is 41.3 Å². The molecular formula is C32H37ClF3N3O4. The molecule has 0 saturated heterocycles. The maximum atomic E-state index is 15.5. The fourth-order valence-corrected chi connectivity index (χ4v) is 5.42. The van der Waals surface area contributed by atoms with E-state index in [4.69, 9.17) is 11.6 Å². The first-order valence-corrected chi connectivity index (χ1v) is 14.3. The van der Waals surface area contributed by atoms with Crippen LogP contribution in [0.4, 0.5) is 13.2 Å².